The molecule has 0 aliphatic heterocycles. The molecule has 0 radical (unpaired) electrons. The number of allylic oxidation sites excluding steroid dienone is 1. The van der Waals surface area contributed by atoms with Crippen LogP contribution in [-0.4, -0.2) is 30.7 Å². The van der Waals surface area contributed by atoms with Gasteiger partial charge in [0.05, 0.1) is 19.6 Å². The van der Waals surface area contributed by atoms with Crippen LogP contribution in [0.2, 0.25) is 0 Å². The van der Waals surface area contributed by atoms with E-state index >= 15 is 0 Å². The smallest absolute Gasteiger partial charge is 0.362 e. The Morgan fingerprint density at radius 2 is 2.10 bits per heavy atom. The highest BCUT2D eigenvalue weighted by Crippen LogP contribution is 2.27. The largest absolute Gasteiger partial charge is 0.508 e. The van der Waals surface area contributed by atoms with Crippen LogP contribution >= 0.6 is 11.6 Å². The number of benzene rings is 1. The van der Waals surface area contributed by atoms with Crippen LogP contribution in [0.3, 0.4) is 0 Å². The van der Waals surface area contributed by atoms with E-state index in [1.807, 2.05) is 0 Å². The number of azo groups is 1. The summed E-state index contributed by atoms with van der Waals surface area (Å²) in [5, 5.41) is 17.2. The van der Waals surface area contributed by atoms with E-state index in [2.05, 4.69) is 10.2 Å². The monoisotopic (exact) mass is 298 g/mol. The van der Waals surface area contributed by atoms with E-state index in [0.29, 0.717) is 11.4 Å². The molecule has 0 fully saturated rings. The Bertz CT molecular complexity index is 529. The number of carbonyl (C=O) groups is 1. The van der Waals surface area contributed by atoms with Crippen LogP contribution in [0.4, 0.5) is 5.69 Å². The molecule has 0 saturated carbocycles. The third-order valence-electron chi connectivity index (χ3n) is 2.21. The van der Waals surface area contributed by atoms with Crippen LogP contribution in [0, 0.1) is 0 Å². The van der Waals surface area contributed by atoms with E-state index in [-0.39, 0.29) is 18.2 Å². The molecule has 1 N–H and O–H groups in total. The van der Waals surface area contributed by atoms with Crippen molar-refractivity contribution in [1.82, 2.24) is 0 Å². The first-order valence-electron chi connectivity index (χ1n) is 5.84. The van der Waals surface area contributed by atoms with Gasteiger partial charge in [0.1, 0.15) is 17.2 Å². The number of nitrogens with zero attached hydrogens (tertiary/aromatic N) is 2. The average molecular weight is 299 g/mol. The molecule has 108 valence electrons. The van der Waals surface area contributed by atoms with Crippen LogP contribution in [0.1, 0.15) is 6.92 Å². The molecular formula is C13H15ClN2O4. The second kappa shape index (κ2) is 8.16. The summed E-state index contributed by atoms with van der Waals surface area (Å²) in [4.78, 5) is 11.6. The zero-order chi connectivity index (χ0) is 15.0. The van der Waals surface area contributed by atoms with E-state index in [1.165, 1.54) is 7.11 Å². The van der Waals surface area contributed by atoms with Gasteiger partial charge in [-0.15, -0.1) is 21.8 Å². The van der Waals surface area contributed by atoms with E-state index in [1.54, 1.807) is 31.2 Å². The molecule has 6 nitrogen and oxygen atoms in total. The summed E-state index contributed by atoms with van der Waals surface area (Å²) in [6.45, 7) is 1.80. The molecular weight excluding hydrogens is 284 g/mol. The molecule has 0 aliphatic carbocycles. The van der Waals surface area contributed by atoms with Crippen LogP contribution in [0.5, 0.6) is 5.75 Å². The number of rotatable bonds is 6. The predicted octanol–water partition coefficient (Wildman–Crippen LogP) is 3.35. The van der Waals surface area contributed by atoms with Crippen molar-refractivity contribution in [3.05, 3.63) is 35.7 Å². The Morgan fingerprint density at radius 3 is 2.70 bits per heavy atom. The van der Waals surface area contributed by atoms with Gasteiger partial charge < -0.3 is 14.6 Å². The lowest BCUT2D eigenvalue weighted by atomic mass is 10.3. The van der Waals surface area contributed by atoms with Crippen molar-refractivity contribution in [3.63, 3.8) is 0 Å². The lowest BCUT2D eigenvalue weighted by Gasteiger charge is -2.04. The van der Waals surface area contributed by atoms with Gasteiger partial charge in [0, 0.05) is 0 Å². The average Bonchev–Trinajstić information content (AvgIpc) is 2.47. The Morgan fingerprint density at radius 1 is 1.40 bits per heavy atom. The Kier molecular flexibility index (Phi) is 6.52. The number of hydrogen-bond acceptors (Lipinski definition) is 6. The van der Waals surface area contributed by atoms with Gasteiger partial charge in [-0.3, -0.25) is 0 Å². The van der Waals surface area contributed by atoms with Crippen molar-refractivity contribution >= 4 is 23.3 Å². The minimum Gasteiger partial charge on any atom is -0.508 e. The van der Waals surface area contributed by atoms with Crippen molar-refractivity contribution < 1.29 is 19.4 Å². The molecule has 0 spiro atoms. The van der Waals surface area contributed by atoms with Gasteiger partial charge in [0.25, 0.3) is 0 Å². The Labute approximate surface area is 121 Å². The van der Waals surface area contributed by atoms with Crippen LogP contribution in [0.15, 0.2) is 46.0 Å². The molecule has 1 aromatic carbocycles. The molecule has 20 heavy (non-hydrogen) atoms. The maximum atomic E-state index is 11.6. The maximum Gasteiger partial charge on any atom is 0.362 e. The topological polar surface area (TPSA) is 80.5 Å². The summed E-state index contributed by atoms with van der Waals surface area (Å²) >= 11 is 5.49. The van der Waals surface area contributed by atoms with E-state index in [4.69, 9.17) is 21.1 Å². The number of methoxy groups -OCH3 is 1. The zero-order valence-corrected chi connectivity index (χ0v) is 11.9. The number of halogens is 1. The number of hydrogen-bond donors (Lipinski definition) is 1. The minimum atomic E-state index is -0.788. The summed E-state index contributed by atoms with van der Waals surface area (Å²) < 4.78 is 9.87. The molecule has 1 rings (SSSR count). The fourth-order valence-electron chi connectivity index (χ4n) is 1.30. The second-order valence-corrected chi connectivity index (χ2v) is 3.79. The molecule has 0 aliphatic rings. The van der Waals surface area contributed by atoms with Gasteiger partial charge in [-0.05, 0) is 19.1 Å². The first kappa shape index (κ1) is 16.0. The SMILES string of the molecule is CCOC(=O)C(N=Nc1ccccc1OC)=C(O)CCl. The van der Waals surface area contributed by atoms with Crippen LogP contribution < -0.4 is 4.74 Å². The molecule has 0 bridgehead atoms. The third-order valence-corrected chi connectivity index (χ3v) is 2.46. The van der Waals surface area contributed by atoms with Crippen molar-refractivity contribution in [2.24, 2.45) is 10.2 Å². The number of aliphatic hydroxyl groups is 1. The number of esters is 1. The Balaban J connectivity index is 3.07. The van der Waals surface area contributed by atoms with Crippen molar-refractivity contribution in [2.45, 2.75) is 6.92 Å². The molecule has 7 heteroatoms. The van der Waals surface area contributed by atoms with Gasteiger partial charge in [-0.1, -0.05) is 12.1 Å². The van der Waals surface area contributed by atoms with Gasteiger partial charge in [0.15, 0.2) is 0 Å². The zero-order valence-electron chi connectivity index (χ0n) is 11.2. The fourth-order valence-corrected chi connectivity index (χ4v) is 1.42. The van der Waals surface area contributed by atoms with Crippen LogP contribution in [0.25, 0.3) is 0 Å². The van der Waals surface area contributed by atoms with Crippen LogP contribution in [-0.2, 0) is 9.53 Å². The highest BCUT2D eigenvalue weighted by Gasteiger charge is 2.16. The fraction of sp³-hybridized carbons (Fsp3) is 0.308. The van der Waals surface area contributed by atoms with Gasteiger partial charge in [-0.2, -0.15) is 0 Å². The summed E-state index contributed by atoms with van der Waals surface area (Å²) in [6.07, 6.45) is 0. The highest BCUT2D eigenvalue weighted by atomic mass is 35.5. The summed E-state index contributed by atoms with van der Waals surface area (Å²) in [5.41, 5.74) is 0.0897. The number of aliphatic hydroxyl groups excluding tert-OH is 1. The Hall–Kier alpha value is -2.08. The quantitative estimate of drug-likeness (QED) is 0.287. The maximum absolute atomic E-state index is 11.6. The summed E-state index contributed by atoms with van der Waals surface area (Å²) in [5.74, 6) is -0.961. The van der Waals surface area contributed by atoms with E-state index in [0.717, 1.165) is 0 Å². The molecule has 0 aromatic heterocycles. The molecule has 0 heterocycles. The third kappa shape index (κ3) is 4.24. The number of alkyl halides is 1. The first-order chi connectivity index (χ1) is 9.63. The van der Waals surface area contributed by atoms with Crippen molar-refractivity contribution in [1.29, 1.82) is 0 Å². The predicted molar refractivity (Wildman–Crippen MR) is 74.5 cm³/mol. The molecule has 0 atom stereocenters. The number of ether oxygens (including phenoxy) is 2. The standard InChI is InChI=1S/C13H15ClN2O4/c1-3-20-13(18)12(10(17)8-14)16-15-9-6-4-5-7-11(9)19-2/h4-7,17H,3,8H2,1-2H3. The number of carbonyl (C=O) groups excluding carboxylic acids is 1. The first-order valence-corrected chi connectivity index (χ1v) is 6.37. The van der Waals surface area contributed by atoms with Gasteiger partial charge in [-0.25, -0.2) is 4.79 Å². The van der Waals surface area contributed by atoms with Gasteiger partial charge >= 0.3 is 5.97 Å². The van der Waals surface area contributed by atoms with Crippen molar-refractivity contribution in [2.75, 3.05) is 19.6 Å². The van der Waals surface area contributed by atoms with Gasteiger partial charge in [0.2, 0.25) is 5.70 Å². The van der Waals surface area contributed by atoms with E-state index < -0.39 is 11.7 Å². The molecule has 0 amide bonds. The highest BCUT2D eigenvalue weighted by molar-refractivity contribution is 6.19. The lowest BCUT2D eigenvalue weighted by molar-refractivity contribution is -0.138. The normalized spacial score (nSPS) is 12.2. The number of para-hydroxylation sites is 1. The lowest BCUT2D eigenvalue weighted by Crippen LogP contribution is -2.09. The molecule has 0 unspecified atom stereocenters. The molecule has 0 saturated heterocycles. The molecule has 1 aromatic rings. The van der Waals surface area contributed by atoms with E-state index in [9.17, 15) is 9.90 Å². The minimum absolute atomic E-state index is 0.155. The summed E-state index contributed by atoms with van der Waals surface area (Å²) in [6, 6.07) is 6.87. The van der Waals surface area contributed by atoms with Crippen molar-refractivity contribution in [3.8, 4) is 5.75 Å². The second-order valence-electron chi connectivity index (χ2n) is 3.52. The summed E-state index contributed by atoms with van der Waals surface area (Å²) in [7, 11) is 1.49.